The van der Waals surface area contributed by atoms with Gasteiger partial charge in [0.2, 0.25) is 11.1 Å². The number of fused-ring (bicyclic) bond motifs is 1. The average molecular weight is 397 g/mol. The summed E-state index contributed by atoms with van der Waals surface area (Å²) in [6.45, 7) is 2.79. The van der Waals surface area contributed by atoms with Gasteiger partial charge in [-0.1, -0.05) is 41.6 Å². The minimum absolute atomic E-state index is 0.120. The summed E-state index contributed by atoms with van der Waals surface area (Å²) in [7, 11) is 0. The van der Waals surface area contributed by atoms with Crippen molar-refractivity contribution in [1.29, 1.82) is 0 Å². The third-order valence-electron chi connectivity index (χ3n) is 4.15. The lowest BCUT2D eigenvalue weighted by molar-refractivity contribution is -0.119. The molecule has 0 bridgehead atoms. The van der Waals surface area contributed by atoms with E-state index >= 15 is 0 Å². The molecule has 8 nitrogen and oxygen atoms in total. The van der Waals surface area contributed by atoms with Crippen LogP contribution < -0.4 is 14.8 Å². The average Bonchev–Trinajstić information content (AvgIpc) is 3.20. The molecule has 0 radical (unpaired) electrons. The highest BCUT2D eigenvalue weighted by Gasteiger charge is 2.21. The molecule has 1 amide bonds. The third kappa shape index (κ3) is 4.25. The topological polar surface area (TPSA) is 91.2 Å². The molecule has 0 aliphatic carbocycles. The first-order chi connectivity index (χ1) is 13.7. The molecule has 1 aliphatic heterocycles. The van der Waals surface area contributed by atoms with E-state index < -0.39 is 0 Å². The van der Waals surface area contributed by atoms with Crippen molar-refractivity contribution < 1.29 is 14.3 Å². The van der Waals surface area contributed by atoms with E-state index in [9.17, 15) is 4.79 Å². The first kappa shape index (κ1) is 18.3. The molecule has 0 saturated heterocycles. The molecule has 4 rings (SSSR count). The number of amides is 1. The van der Waals surface area contributed by atoms with Crippen molar-refractivity contribution in [1.82, 2.24) is 25.5 Å². The number of aromatic nitrogens is 4. The van der Waals surface area contributed by atoms with E-state index in [4.69, 9.17) is 9.47 Å². The Morgan fingerprint density at radius 3 is 2.82 bits per heavy atom. The predicted octanol–water partition coefficient (Wildman–Crippen LogP) is 2.02. The molecule has 1 aliphatic rings. The van der Waals surface area contributed by atoms with Gasteiger partial charge in [0.1, 0.15) is 12.7 Å². The second-order valence-electron chi connectivity index (χ2n) is 6.30. The quantitative estimate of drug-likeness (QED) is 0.636. The Kier molecular flexibility index (Phi) is 5.43. The van der Waals surface area contributed by atoms with Crippen molar-refractivity contribution in [3.05, 3.63) is 54.1 Å². The minimum Gasteiger partial charge on any atom is -0.486 e. The van der Waals surface area contributed by atoms with Crippen LogP contribution in [0.1, 0.15) is 5.56 Å². The monoisotopic (exact) mass is 397 g/mol. The van der Waals surface area contributed by atoms with Gasteiger partial charge in [-0.25, -0.2) is 0 Å². The fourth-order valence-electron chi connectivity index (χ4n) is 2.69. The Morgan fingerprint density at radius 1 is 1.21 bits per heavy atom. The van der Waals surface area contributed by atoms with Crippen molar-refractivity contribution in [2.45, 2.75) is 18.2 Å². The van der Waals surface area contributed by atoms with E-state index in [-0.39, 0.29) is 17.8 Å². The van der Waals surface area contributed by atoms with E-state index in [0.717, 1.165) is 17.0 Å². The number of nitrogens with one attached hydrogen (secondary N) is 1. The molecule has 1 atom stereocenters. The maximum atomic E-state index is 12.2. The minimum atomic E-state index is -0.221. The first-order valence-electron chi connectivity index (χ1n) is 8.82. The van der Waals surface area contributed by atoms with E-state index in [0.29, 0.717) is 24.1 Å². The SMILES string of the molecule is Cc1ccc(-n2nnnc2SCC(=O)NC[C@H]2COc3ccccc3O2)cc1. The summed E-state index contributed by atoms with van der Waals surface area (Å²) in [6, 6.07) is 15.3. The van der Waals surface area contributed by atoms with Crippen LogP contribution >= 0.6 is 11.8 Å². The second kappa shape index (κ2) is 8.30. The summed E-state index contributed by atoms with van der Waals surface area (Å²) in [6.07, 6.45) is -0.221. The summed E-state index contributed by atoms with van der Waals surface area (Å²) in [5.41, 5.74) is 2.01. The van der Waals surface area contributed by atoms with Crippen LogP contribution in [0.4, 0.5) is 0 Å². The molecular formula is C19H19N5O3S. The highest BCUT2D eigenvalue weighted by Crippen LogP contribution is 2.30. The predicted molar refractivity (Wildman–Crippen MR) is 104 cm³/mol. The van der Waals surface area contributed by atoms with Gasteiger partial charge in [0, 0.05) is 0 Å². The van der Waals surface area contributed by atoms with Crippen LogP contribution in [-0.4, -0.2) is 51.1 Å². The van der Waals surface area contributed by atoms with Gasteiger partial charge in [0.25, 0.3) is 0 Å². The zero-order valence-corrected chi connectivity index (χ0v) is 16.1. The molecule has 9 heteroatoms. The van der Waals surface area contributed by atoms with E-state index in [1.165, 1.54) is 11.8 Å². The number of carbonyl (C=O) groups excluding carboxylic acids is 1. The standard InChI is InChI=1S/C19H19N5O3S/c1-13-6-8-14(9-7-13)24-19(21-22-23-24)28-12-18(25)20-10-15-11-26-16-4-2-3-5-17(16)27-15/h2-9,15H,10-12H2,1H3,(H,20,25)/t15-/m0/s1. The normalized spacial score (nSPS) is 15.2. The Labute approximate surface area is 166 Å². The maximum absolute atomic E-state index is 12.2. The number of hydrogen-bond donors (Lipinski definition) is 1. The number of rotatable bonds is 6. The van der Waals surface area contributed by atoms with Crippen LogP contribution in [0.25, 0.3) is 5.69 Å². The summed E-state index contributed by atoms with van der Waals surface area (Å²) in [4.78, 5) is 12.2. The van der Waals surface area contributed by atoms with Gasteiger partial charge < -0.3 is 14.8 Å². The third-order valence-corrected chi connectivity index (χ3v) is 5.07. The summed E-state index contributed by atoms with van der Waals surface area (Å²) in [5.74, 6) is 1.50. The number of nitrogens with zero attached hydrogens (tertiary/aromatic N) is 4. The highest BCUT2D eigenvalue weighted by molar-refractivity contribution is 7.99. The number of thioether (sulfide) groups is 1. The van der Waals surface area contributed by atoms with Gasteiger partial charge in [-0.2, -0.15) is 4.68 Å². The lowest BCUT2D eigenvalue weighted by Crippen LogP contribution is -2.41. The van der Waals surface area contributed by atoms with E-state index in [1.807, 2.05) is 55.5 Å². The van der Waals surface area contributed by atoms with Crippen molar-refractivity contribution in [2.24, 2.45) is 0 Å². The number of hydrogen-bond acceptors (Lipinski definition) is 7. The molecule has 0 unspecified atom stereocenters. The van der Waals surface area contributed by atoms with Crippen LogP contribution in [0.3, 0.4) is 0 Å². The van der Waals surface area contributed by atoms with Crippen molar-refractivity contribution in [3.63, 3.8) is 0 Å². The van der Waals surface area contributed by atoms with Gasteiger partial charge in [0.15, 0.2) is 11.5 Å². The summed E-state index contributed by atoms with van der Waals surface area (Å²) < 4.78 is 13.1. The molecule has 2 heterocycles. The van der Waals surface area contributed by atoms with Gasteiger partial charge in [-0.15, -0.1) is 5.10 Å². The van der Waals surface area contributed by atoms with Crippen LogP contribution in [0.5, 0.6) is 11.5 Å². The van der Waals surface area contributed by atoms with Crippen LogP contribution in [0.15, 0.2) is 53.7 Å². The maximum Gasteiger partial charge on any atom is 0.230 e. The van der Waals surface area contributed by atoms with Crippen LogP contribution in [-0.2, 0) is 4.79 Å². The summed E-state index contributed by atoms with van der Waals surface area (Å²) >= 11 is 1.28. The number of ether oxygens (including phenoxy) is 2. The fraction of sp³-hybridized carbons (Fsp3) is 0.263. The molecule has 0 saturated carbocycles. The van der Waals surface area contributed by atoms with E-state index in [1.54, 1.807) is 4.68 Å². The van der Waals surface area contributed by atoms with Crippen LogP contribution in [0.2, 0.25) is 0 Å². The smallest absolute Gasteiger partial charge is 0.230 e. The Balaban J connectivity index is 1.28. The molecule has 1 N–H and O–H groups in total. The van der Waals surface area contributed by atoms with Gasteiger partial charge in [-0.05, 0) is 41.6 Å². The molecule has 0 fully saturated rings. The second-order valence-corrected chi connectivity index (χ2v) is 7.24. The zero-order chi connectivity index (χ0) is 19.3. The molecule has 1 aromatic heterocycles. The Hall–Kier alpha value is -3.07. The first-order valence-corrected chi connectivity index (χ1v) is 9.81. The van der Waals surface area contributed by atoms with Gasteiger partial charge >= 0.3 is 0 Å². The Morgan fingerprint density at radius 2 is 2.00 bits per heavy atom. The van der Waals surface area contributed by atoms with Crippen molar-refractivity contribution in [3.8, 4) is 17.2 Å². The fourth-order valence-corrected chi connectivity index (χ4v) is 3.41. The highest BCUT2D eigenvalue weighted by atomic mass is 32.2. The number of tetrazole rings is 1. The number of carbonyl (C=O) groups is 1. The zero-order valence-electron chi connectivity index (χ0n) is 15.2. The van der Waals surface area contributed by atoms with Crippen molar-refractivity contribution >= 4 is 17.7 Å². The lowest BCUT2D eigenvalue weighted by atomic mass is 10.2. The molecule has 2 aromatic carbocycles. The van der Waals surface area contributed by atoms with Crippen LogP contribution in [0, 0.1) is 6.92 Å². The lowest BCUT2D eigenvalue weighted by Gasteiger charge is -2.26. The molecule has 0 spiro atoms. The molecular weight excluding hydrogens is 378 g/mol. The Bertz CT molecular complexity index is 960. The number of para-hydroxylation sites is 2. The largest absolute Gasteiger partial charge is 0.486 e. The van der Waals surface area contributed by atoms with Gasteiger partial charge in [-0.3, -0.25) is 4.79 Å². The molecule has 144 valence electrons. The molecule has 28 heavy (non-hydrogen) atoms. The molecule has 3 aromatic rings. The number of benzene rings is 2. The van der Waals surface area contributed by atoms with Crippen molar-refractivity contribution in [2.75, 3.05) is 18.9 Å². The number of aryl methyl sites for hydroxylation is 1. The van der Waals surface area contributed by atoms with Gasteiger partial charge in [0.05, 0.1) is 18.0 Å². The van der Waals surface area contributed by atoms with E-state index in [2.05, 4.69) is 20.8 Å². The summed E-state index contributed by atoms with van der Waals surface area (Å²) in [5, 5.41) is 15.1.